The molecule has 0 N–H and O–H groups in total. The lowest BCUT2D eigenvalue weighted by molar-refractivity contribution is 0.0841. The van der Waals surface area contributed by atoms with Gasteiger partial charge in [0.2, 0.25) is 0 Å². The van der Waals surface area contributed by atoms with Gasteiger partial charge in [-0.25, -0.2) is 4.39 Å². The summed E-state index contributed by atoms with van der Waals surface area (Å²) in [5, 5.41) is 0.774. The number of piperidine rings is 1. The lowest BCUT2D eigenvalue weighted by Gasteiger charge is -2.31. The Hall–Kier alpha value is -1.71. The Kier molecular flexibility index (Phi) is 5.64. The van der Waals surface area contributed by atoms with Crippen molar-refractivity contribution >= 4 is 17.4 Å². The van der Waals surface area contributed by atoms with Gasteiger partial charge in [0, 0.05) is 23.0 Å². The predicted octanol–water partition coefficient (Wildman–Crippen LogP) is 4.62. The van der Waals surface area contributed by atoms with Crippen molar-refractivity contribution in [2.24, 2.45) is 5.92 Å². The number of nitrogens with zero attached hydrogens (tertiary/aromatic N) is 1. The van der Waals surface area contributed by atoms with E-state index in [0.29, 0.717) is 5.56 Å². The first-order valence-corrected chi connectivity index (χ1v) is 8.76. The van der Waals surface area contributed by atoms with Crippen molar-refractivity contribution in [3.8, 4) is 0 Å². The maximum atomic E-state index is 13.0. The predicted molar refractivity (Wildman–Crippen MR) is 95.1 cm³/mol. The molecule has 1 aliphatic heterocycles. The monoisotopic (exact) mass is 345 g/mol. The van der Waals surface area contributed by atoms with Crippen molar-refractivity contribution < 1.29 is 9.18 Å². The van der Waals surface area contributed by atoms with E-state index >= 15 is 0 Å². The summed E-state index contributed by atoms with van der Waals surface area (Å²) in [7, 11) is 0. The molecule has 3 rings (SSSR count). The van der Waals surface area contributed by atoms with Crippen LogP contribution in [0.3, 0.4) is 0 Å². The fraction of sp³-hybridized carbons (Fsp3) is 0.350. The molecule has 0 spiro atoms. The van der Waals surface area contributed by atoms with E-state index in [9.17, 15) is 9.18 Å². The van der Waals surface area contributed by atoms with Crippen molar-refractivity contribution in [3.63, 3.8) is 0 Å². The van der Waals surface area contributed by atoms with Crippen LogP contribution >= 0.6 is 11.6 Å². The first kappa shape index (κ1) is 17.1. The standard InChI is InChI=1S/C20H21ClFNO/c21-18-3-1-2-15(14-18)8-11-23-12-9-17(10-13-23)20(24)16-4-6-19(22)7-5-16/h1-7,14,17H,8-13H2. The normalized spacial score (nSPS) is 16.2. The van der Waals surface area contributed by atoms with Gasteiger partial charge < -0.3 is 4.90 Å². The number of benzene rings is 2. The molecule has 2 aromatic rings. The number of rotatable bonds is 5. The van der Waals surface area contributed by atoms with Crippen molar-refractivity contribution in [1.29, 1.82) is 0 Å². The molecule has 1 heterocycles. The second-order valence-corrected chi connectivity index (χ2v) is 6.80. The smallest absolute Gasteiger partial charge is 0.166 e. The van der Waals surface area contributed by atoms with E-state index in [2.05, 4.69) is 11.0 Å². The summed E-state index contributed by atoms with van der Waals surface area (Å²) in [6.45, 7) is 2.84. The molecule has 0 bridgehead atoms. The third kappa shape index (κ3) is 4.43. The second-order valence-electron chi connectivity index (χ2n) is 6.37. The van der Waals surface area contributed by atoms with E-state index in [4.69, 9.17) is 11.6 Å². The van der Waals surface area contributed by atoms with Gasteiger partial charge in [0.1, 0.15) is 5.82 Å². The number of halogens is 2. The molecule has 1 fully saturated rings. The highest BCUT2D eigenvalue weighted by molar-refractivity contribution is 6.30. The minimum atomic E-state index is -0.303. The molecule has 4 heteroatoms. The minimum absolute atomic E-state index is 0.0536. The van der Waals surface area contributed by atoms with Crippen LogP contribution in [0.25, 0.3) is 0 Å². The molecule has 24 heavy (non-hydrogen) atoms. The Morgan fingerprint density at radius 3 is 2.50 bits per heavy atom. The zero-order valence-corrected chi connectivity index (χ0v) is 14.3. The number of hydrogen-bond acceptors (Lipinski definition) is 2. The lowest BCUT2D eigenvalue weighted by atomic mass is 9.89. The van der Waals surface area contributed by atoms with Crippen LogP contribution in [0.2, 0.25) is 5.02 Å². The Morgan fingerprint density at radius 2 is 1.83 bits per heavy atom. The van der Waals surface area contributed by atoms with Gasteiger partial charge in [-0.15, -0.1) is 0 Å². The van der Waals surface area contributed by atoms with Crippen molar-refractivity contribution in [2.75, 3.05) is 19.6 Å². The van der Waals surface area contributed by atoms with Crippen LogP contribution in [0.5, 0.6) is 0 Å². The van der Waals surface area contributed by atoms with Crippen LogP contribution in [-0.2, 0) is 6.42 Å². The van der Waals surface area contributed by atoms with Crippen LogP contribution in [0.15, 0.2) is 48.5 Å². The Balaban J connectivity index is 1.48. The molecule has 0 atom stereocenters. The number of hydrogen-bond donors (Lipinski definition) is 0. The van der Waals surface area contributed by atoms with E-state index in [0.717, 1.165) is 43.9 Å². The largest absolute Gasteiger partial charge is 0.303 e. The summed E-state index contributed by atoms with van der Waals surface area (Å²) in [6.07, 6.45) is 2.70. The highest BCUT2D eigenvalue weighted by atomic mass is 35.5. The lowest BCUT2D eigenvalue weighted by Crippen LogP contribution is -2.37. The van der Waals surface area contributed by atoms with Gasteiger partial charge in [0.15, 0.2) is 5.78 Å². The molecular weight excluding hydrogens is 325 g/mol. The average Bonchev–Trinajstić information content (AvgIpc) is 2.61. The van der Waals surface area contributed by atoms with E-state index < -0.39 is 0 Å². The molecule has 2 nitrogen and oxygen atoms in total. The number of ketones is 1. The maximum absolute atomic E-state index is 13.0. The SMILES string of the molecule is O=C(c1ccc(F)cc1)C1CCN(CCc2cccc(Cl)c2)CC1. The van der Waals surface area contributed by atoms with Crippen LogP contribution in [-0.4, -0.2) is 30.3 Å². The molecule has 0 radical (unpaired) electrons. The third-order valence-electron chi connectivity index (χ3n) is 4.69. The molecule has 0 amide bonds. The highest BCUT2D eigenvalue weighted by Gasteiger charge is 2.25. The zero-order chi connectivity index (χ0) is 16.9. The molecule has 0 saturated carbocycles. The summed E-state index contributed by atoms with van der Waals surface area (Å²) >= 11 is 6.01. The van der Waals surface area contributed by atoms with Gasteiger partial charge in [-0.2, -0.15) is 0 Å². The van der Waals surface area contributed by atoms with Gasteiger partial charge in [0.25, 0.3) is 0 Å². The fourth-order valence-electron chi connectivity index (χ4n) is 3.25. The number of likely N-dealkylation sites (tertiary alicyclic amines) is 1. The number of carbonyl (C=O) groups is 1. The summed E-state index contributed by atoms with van der Waals surface area (Å²) < 4.78 is 13.0. The second kappa shape index (κ2) is 7.91. The van der Waals surface area contributed by atoms with Gasteiger partial charge in [0.05, 0.1) is 0 Å². The van der Waals surface area contributed by atoms with Crippen molar-refractivity contribution in [3.05, 3.63) is 70.5 Å². The topological polar surface area (TPSA) is 20.3 Å². The van der Waals surface area contributed by atoms with E-state index in [-0.39, 0.29) is 17.5 Å². The molecule has 1 aliphatic rings. The molecule has 2 aromatic carbocycles. The van der Waals surface area contributed by atoms with E-state index in [1.807, 2.05) is 18.2 Å². The molecule has 0 aromatic heterocycles. The summed E-state index contributed by atoms with van der Waals surface area (Å²) in [4.78, 5) is 14.9. The Morgan fingerprint density at radius 1 is 1.12 bits per heavy atom. The van der Waals surface area contributed by atoms with Gasteiger partial charge in [-0.05, 0) is 74.3 Å². The minimum Gasteiger partial charge on any atom is -0.303 e. The van der Waals surface area contributed by atoms with Gasteiger partial charge in [-0.1, -0.05) is 23.7 Å². The quantitative estimate of drug-likeness (QED) is 0.737. The first-order valence-electron chi connectivity index (χ1n) is 8.38. The van der Waals surface area contributed by atoms with Crippen LogP contribution in [0.1, 0.15) is 28.8 Å². The van der Waals surface area contributed by atoms with Gasteiger partial charge in [-0.3, -0.25) is 4.79 Å². The third-order valence-corrected chi connectivity index (χ3v) is 4.93. The zero-order valence-electron chi connectivity index (χ0n) is 13.6. The first-order chi connectivity index (χ1) is 11.6. The van der Waals surface area contributed by atoms with Crippen molar-refractivity contribution in [2.45, 2.75) is 19.3 Å². The molecule has 0 unspecified atom stereocenters. The summed E-state index contributed by atoms with van der Waals surface area (Å²) in [6, 6.07) is 13.8. The van der Waals surface area contributed by atoms with E-state index in [1.54, 1.807) is 12.1 Å². The van der Waals surface area contributed by atoms with Crippen molar-refractivity contribution in [1.82, 2.24) is 4.90 Å². The molecular formula is C20H21ClFNO. The Bertz CT molecular complexity index is 693. The maximum Gasteiger partial charge on any atom is 0.166 e. The van der Waals surface area contributed by atoms with Crippen LogP contribution in [0, 0.1) is 11.7 Å². The molecule has 126 valence electrons. The average molecular weight is 346 g/mol. The Labute approximate surface area is 147 Å². The fourth-order valence-corrected chi connectivity index (χ4v) is 3.46. The highest BCUT2D eigenvalue weighted by Crippen LogP contribution is 2.22. The number of carbonyl (C=O) groups excluding carboxylic acids is 1. The van der Waals surface area contributed by atoms with E-state index in [1.165, 1.54) is 17.7 Å². The molecule has 0 aliphatic carbocycles. The van der Waals surface area contributed by atoms with Crippen LogP contribution in [0.4, 0.5) is 4.39 Å². The summed E-state index contributed by atoms with van der Waals surface area (Å²) in [5.41, 5.74) is 1.86. The van der Waals surface area contributed by atoms with Crippen LogP contribution < -0.4 is 0 Å². The van der Waals surface area contributed by atoms with Gasteiger partial charge >= 0.3 is 0 Å². The molecule has 1 saturated heterocycles. The number of Topliss-reactive ketones (excluding diaryl/α,β-unsaturated/α-hetero) is 1. The summed E-state index contributed by atoms with van der Waals surface area (Å²) in [5.74, 6) is -0.107.